The molecule has 0 saturated heterocycles. The highest BCUT2D eigenvalue weighted by atomic mass is 16.5. The van der Waals surface area contributed by atoms with Gasteiger partial charge in [-0.3, -0.25) is 0 Å². The Morgan fingerprint density at radius 3 is 2.93 bits per heavy atom. The molecule has 1 heterocycles. The molecule has 2 N–H and O–H groups in total. The third kappa shape index (κ3) is 1.15. The van der Waals surface area contributed by atoms with Gasteiger partial charge >= 0.3 is 0 Å². The average molecular weight is 192 g/mol. The van der Waals surface area contributed by atoms with Crippen LogP contribution in [0, 0.1) is 6.92 Å². The molecule has 0 radical (unpaired) electrons. The van der Waals surface area contributed by atoms with Crippen LogP contribution in [0.25, 0.3) is 11.0 Å². The van der Waals surface area contributed by atoms with E-state index in [1.165, 1.54) is 0 Å². The molecule has 0 fully saturated rings. The lowest BCUT2D eigenvalue weighted by Crippen LogP contribution is -2.00. The molecule has 74 valence electrons. The number of aryl methyl sites for hydroxylation is 1. The van der Waals surface area contributed by atoms with E-state index in [0.717, 1.165) is 28.0 Å². The van der Waals surface area contributed by atoms with E-state index in [4.69, 9.17) is 15.0 Å². The molecule has 0 amide bonds. The van der Waals surface area contributed by atoms with E-state index in [9.17, 15) is 0 Å². The first-order chi connectivity index (χ1) is 6.77. The normalized spacial score (nSPS) is 10.8. The van der Waals surface area contributed by atoms with Crippen molar-refractivity contribution >= 4 is 11.0 Å². The summed E-state index contributed by atoms with van der Waals surface area (Å²) in [5.41, 5.74) is 8.13. The van der Waals surface area contributed by atoms with Gasteiger partial charge in [-0.1, -0.05) is 11.2 Å². The van der Waals surface area contributed by atoms with Gasteiger partial charge in [0, 0.05) is 12.1 Å². The number of hydrogen-bond acceptors (Lipinski definition) is 4. The molecule has 0 saturated carbocycles. The molecule has 0 aliphatic carbocycles. The number of methoxy groups -OCH3 is 1. The molecule has 0 aliphatic rings. The minimum absolute atomic E-state index is 0.448. The minimum atomic E-state index is 0.448. The number of hydrogen-bond donors (Lipinski definition) is 1. The summed E-state index contributed by atoms with van der Waals surface area (Å²) >= 11 is 0. The maximum atomic E-state index is 5.61. The van der Waals surface area contributed by atoms with Crippen LogP contribution in [0.2, 0.25) is 0 Å². The van der Waals surface area contributed by atoms with Crippen molar-refractivity contribution < 1.29 is 9.26 Å². The summed E-state index contributed by atoms with van der Waals surface area (Å²) in [6, 6.07) is 3.76. The fourth-order valence-electron chi connectivity index (χ4n) is 1.58. The largest absolute Gasteiger partial charge is 0.496 e. The molecule has 4 heteroatoms. The van der Waals surface area contributed by atoms with E-state index in [1.807, 2.05) is 19.1 Å². The number of rotatable bonds is 2. The van der Waals surface area contributed by atoms with Crippen LogP contribution < -0.4 is 10.5 Å². The van der Waals surface area contributed by atoms with Crippen molar-refractivity contribution in [2.45, 2.75) is 13.5 Å². The first kappa shape index (κ1) is 9.02. The lowest BCUT2D eigenvalue weighted by atomic mass is 10.1. The first-order valence-corrected chi connectivity index (χ1v) is 4.40. The van der Waals surface area contributed by atoms with Crippen molar-refractivity contribution in [1.82, 2.24) is 5.16 Å². The molecular formula is C10H12N2O2. The fourth-order valence-corrected chi connectivity index (χ4v) is 1.58. The fraction of sp³-hybridized carbons (Fsp3) is 0.300. The number of nitrogens with zero attached hydrogens (tertiary/aromatic N) is 1. The predicted octanol–water partition coefficient (Wildman–Crippen LogP) is 1.60. The highest BCUT2D eigenvalue weighted by Crippen LogP contribution is 2.31. The van der Waals surface area contributed by atoms with E-state index >= 15 is 0 Å². The second kappa shape index (κ2) is 3.31. The Morgan fingerprint density at radius 1 is 1.50 bits per heavy atom. The van der Waals surface area contributed by atoms with Gasteiger partial charge in [0.05, 0.1) is 18.2 Å². The van der Waals surface area contributed by atoms with E-state index in [0.29, 0.717) is 6.54 Å². The Morgan fingerprint density at radius 2 is 2.29 bits per heavy atom. The van der Waals surface area contributed by atoms with E-state index in [2.05, 4.69) is 5.16 Å². The van der Waals surface area contributed by atoms with Crippen molar-refractivity contribution in [2.75, 3.05) is 7.11 Å². The molecule has 0 unspecified atom stereocenters. The van der Waals surface area contributed by atoms with E-state index < -0.39 is 0 Å². The van der Waals surface area contributed by atoms with Crippen LogP contribution >= 0.6 is 0 Å². The summed E-state index contributed by atoms with van der Waals surface area (Å²) in [4.78, 5) is 0. The van der Waals surface area contributed by atoms with Crippen molar-refractivity contribution in [2.24, 2.45) is 5.73 Å². The van der Waals surface area contributed by atoms with Crippen molar-refractivity contribution in [3.8, 4) is 5.75 Å². The zero-order valence-electron chi connectivity index (χ0n) is 8.20. The predicted molar refractivity (Wildman–Crippen MR) is 53.2 cm³/mol. The number of nitrogens with two attached hydrogens (primary N) is 1. The number of aromatic nitrogens is 1. The Labute approximate surface area is 81.6 Å². The summed E-state index contributed by atoms with van der Waals surface area (Å²) < 4.78 is 10.4. The van der Waals surface area contributed by atoms with Crippen molar-refractivity contribution in [3.05, 3.63) is 23.4 Å². The minimum Gasteiger partial charge on any atom is -0.496 e. The highest BCUT2D eigenvalue weighted by molar-refractivity contribution is 5.87. The molecule has 1 aromatic heterocycles. The third-order valence-corrected chi connectivity index (χ3v) is 2.27. The van der Waals surface area contributed by atoms with Crippen molar-refractivity contribution in [3.63, 3.8) is 0 Å². The second-order valence-corrected chi connectivity index (χ2v) is 3.10. The maximum absolute atomic E-state index is 5.61. The number of ether oxygens (including phenoxy) is 1. The summed E-state index contributed by atoms with van der Waals surface area (Å²) in [6.45, 7) is 2.33. The van der Waals surface area contributed by atoms with Crippen LogP contribution in [0.3, 0.4) is 0 Å². The van der Waals surface area contributed by atoms with Crippen LogP contribution in [-0.2, 0) is 6.54 Å². The van der Waals surface area contributed by atoms with Gasteiger partial charge in [0.25, 0.3) is 0 Å². The summed E-state index contributed by atoms with van der Waals surface area (Å²) in [5, 5.41) is 4.80. The summed E-state index contributed by atoms with van der Waals surface area (Å²) in [5.74, 6) is 0.767. The Hall–Kier alpha value is -1.55. The van der Waals surface area contributed by atoms with Crippen LogP contribution in [-0.4, -0.2) is 12.3 Å². The molecule has 0 aliphatic heterocycles. The molecule has 0 atom stereocenters. The number of benzene rings is 1. The molecule has 0 bridgehead atoms. The molecule has 14 heavy (non-hydrogen) atoms. The van der Waals surface area contributed by atoms with Gasteiger partial charge in [0.2, 0.25) is 0 Å². The van der Waals surface area contributed by atoms with Crippen LogP contribution in [0.5, 0.6) is 5.75 Å². The lowest BCUT2D eigenvalue weighted by Gasteiger charge is -2.06. The topological polar surface area (TPSA) is 61.3 Å². The summed E-state index contributed by atoms with van der Waals surface area (Å²) in [6.07, 6.45) is 0. The Balaban J connectivity index is 2.81. The molecule has 2 rings (SSSR count). The number of fused-ring (bicyclic) bond motifs is 1. The second-order valence-electron chi connectivity index (χ2n) is 3.10. The standard InChI is InChI=1S/C10H12N2O2/c1-6-9-8(14-12-6)4-3-7(5-11)10(9)13-2/h3-4H,5,11H2,1-2H3. The lowest BCUT2D eigenvalue weighted by molar-refractivity contribution is 0.414. The van der Waals surface area contributed by atoms with Gasteiger partial charge < -0.3 is 15.0 Å². The van der Waals surface area contributed by atoms with Crippen LogP contribution in [0.4, 0.5) is 0 Å². The SMILES string of the molecule is COc1c(CN)ccc2onc(C)c12. The van der Waals surface area contributed by atoms with Crippen molar-refractivity contribution in [1.29, 1.82) is 0 Å². The molecule has 0 spiro atoms. The monoisotopic (exact) mass is 192 g/mol. The Kier molecular flexibility index (Phi) is 2.13. The zero-order chi connectivity index (χ0) is 10.1. The van der Waals surface area contributed by atoms with Gasteiger partial charge in [-0.25, -0.2) is 0 Å². The van der Waals surface area contributed by atoms with Gasteiger partial charge in [-0.2, -0.15) is 0 Å². The van der Waals surface area contributed by atoms with E-state index in [1.54, 1.807) is 7.11 Å². The third-order valence-electron chi connectivity index (χ3n) is 2.27. The molecular weight excluding hydrogens is 180 g/mol. The van der Waals surface area contributed by atoms with Crippen LogP contribution in [0.1, 0.15) is 11.3 Å². The highest BCUT2D eigenvalue weighted by Gasteiger charge is 2.13. The smallest absolute Gasteiger partial charge is 0.170 e. The van der Waals surface area contributed by atoms with Gasteiger partial charge in [-0.05, 0) is 13.0 Å². The zero-order valence-corrected chi connectivity index (χ0v) is 8.20. The molecule has 4 nitrogen and oxygen atoms in total. The maximum Gasteiger partial charge on any atom is 0.170 e. The van der Waals surface area contributed by atoms with E-state index in [-0.39, 0.29) is 0 Å². The molecule has 2 aromatic rings. The van der Waals surface area contributed by atoms with Crippen LogP contribution in [0.15, 0.2) is 16.7 Å². The first-order valence-electron chi connectivity index (χ1n) is 4.40. The Bertz CT molecular complexity index is 462. The summed E-state index contributed by atoms with van der Waals surface area (Å²) in [7, 11) is 1.63. The van der Waals surface area contributed by atoms with Gasteiger partial charge in [-0.15, -0.1) is 0 Å². The average Bonchev–Trinajstić information content (AvgIpc) is 2.59. The van der Waals surface area contributed by atoms with Gasteiger partial charge in [0.1, 0.15) is 5.75 Å². The quantitative estimate of drug-likeness (QED) is 0.785. The molecule has 1 aromatic carbocycles. The van der Waals surface area contributed by atoms with Gasteiger partial charge in [0.15, 0.2) is 5.58 Å².